The number of nitrogens with one attached hydrogen (secondary N) is 1. The van der Waals surface area contributed by atoms with Crippen LogP contribution in [0, 0.1) is 4.91 Å². The molecule has 1 aliphatic rings. The fourth-order valence-electron chi connectivity index (χ4n) is 1.53. The maximum Gasteiger partial charge on any atom is 0.340 e. The van der Waals surface area contributed by atoms with Crippen LogP contribution >= 0.6 is 0 Å². The van der Waals surface area contributed by atoms with Gasteiger partial charge in [-0.3, -0.25) is 0 Å². The molecule has 0 aromatic rings. The molecule has 2 amide bonds. The van der Waals surface area contributed by atoms with Crippen LogP contribution in [-0.2, 0) is 4.74 Å². The van der Waals surface area contributed by atoms with E-state index in [2.05, 4.69) is 10.6 Å². The van der Waals surface area contributed by atoms with Gasteiger partial charge in [-0.25, -0.2) is 4.79 Å². The lowest BCUT2D eigenvalue weighted by Gasteiger charge is -2.40. The number of nitrogens with zero attached hydrogens (tertiary/aromatic N) is 2. The Morgan fingerprint density at radius 1 is 1.39 bits per heavy atom. The van der Waals surface area contributed by atoms with Crippen molar-refractivity contribution in [3.05, 3.63) is 4.91 Å². The van der Waals surface area contributed by atoms with Crippen molar-refractivity contribution < 1.29 is 30.0 Å². The van der Waals surface area contributed by atoms with E-state index in [1.54, 1.807) is 0 Å². The highest BCUT2D eigenvalue weighted by atomic mass is 16.6. The van der Waals surface area contributed by atoms with Crippen LogP contribution in [0.25, 0.3) is 0 Å². The van der Waals surface area contributed by atoms with Gasteiger partial charge in [-0.2, -0.15) is 5.01 Å². The molecule has 0 aromatic heterocycles. The third kappa shape index (κ3) is 2.91. The van der Waals surface area contributed by atoms with Crippen LogP contribution in [0.3, 0.4) is 0 Å². The Labute approximate surface area is 102 Å². The normalized spacial score (nSPS) is 35.9. The summed E-state index contributed by atoms with van der Waals surface area (Å²) in [6.45, 7) is -0.605. The summed E-state index contributed by atoms with van der Waals surface area (Å²) in [5, 5.41) is 42.4. The quantitative estimate of drug-likeness (QED) is 0.271. The zero-order valence-corrected chi connectivity index (χ0v) is 9.50. The number of rotatable bonds is 3. The Bertz CT molecular complexity index is 315. The van der Waals surface area contributed by atoms with Gasteiger partial charge in [-0.1, -0.05) is 0 Å². The number of amides is 2. The Hall–Kier alpha value is -1.33. The van der Waals surface area contributed by atoms with E-state index in [4.69, 9.17) is 9.84 Å². The van der Waals surface area contributed by atoms with Crippen molar-refractivity contribution in [2.24, 2.45) is 5.29 Å². The molecule has 0 radical (unpaired) electrons. The second kappa shape index (κ2) is 6.02. The number of carbonyl (C=O) groups is 1. The summed E-state index contributed by atoms with van der Waals surface area (Å²) in [7, 11) is 1.07. The highest BCUT2D eigenvalue weighted by molar-refractivity contribution is 5.73. The lowest BCUT2D eigenvalue weighted by molar-refractivity contribution is -0.252. The Morgan fingerprint density at radius 3 is 2.50 bits per heavy atom. The predicted octanol–water partition coefficient (Wildman–Crippen LogP) is -2.89. The van der Waals surface area contributed by atoms with Crippen LogP contribution in [0.2, 0.25) is 0 Å². The summed E-state index contributed by atoms with van der Waals surface area (Å²) in [5.74, 6) is 0. The molecular weight excluding hydrogens is 250 g/mol. The number of carbonyl (C=O) groups excluding carboxylic acids is 1. The number of urea groups is 1. The summed E-state index contributed by atoms with van der Waals surface area (Å²) in [5.41, 5.74) is 0. The number of ether oxygens (including phenoxy) is 1. The van der Waals surface area contributed by atoms with Gasteiger partial charge in [0.25, 0.3) is 0 Å². The maximum absolute atomic E-state index is 11.3. The summed E-state index contributed by atoms with van der Waals surface area (Å²) in [6.07, 6.45) is -5.84. The standard InChI is InChI=1S/C8H15N3O7/c1-11(10-17)8(16)9-4-6(14)5(13)3(2-12)18-7(4)15/h3-7,12-15H,2H2,1H3,(H,9,16)/t3-,4+,5+,6-,7-/m1/s1. The van der Waals surface area contributed by atoms with Crippen LogP contribution in [0.15, 0.2) is 5.29 Å². The lowest BCUT2D eigenvalue weighted by atomic mass is 9.97. The first-order valence-corrected chi connectivity index (χ1v) is 5.10. The smallest absolute Gasteiger partial charge is 0.340 e. The van der Waals surface area contributed by atoms with E-state index in [0.29, 0.717) is 5.01 Å². The molecule has 1 aliphatic heterocycles. The summed E-state index contributed by atoms with van der Waals surface area (Å²) in [6, 6.07) is -2.33. The minimum Gasteiger partial charge on any atom is -0.394 e. The van der Waals surface area contributed by atoms with Gasteiger partial charge >= 0.3 is 6.03 Å². The van der Waals surface area contributed by atoms with Crippen molar-refractivity contribution in [2.45, 2.75) is 30.6 Å². The fourth-order valence-corrected chi connectivity index (χ4v) is 1.53. The van der Waals surface area contributed by atoms with Crippen LogP contribution < -0.4 is 5.32 Å². The first kappa shape index (κ1) is 14.7. The van der Waals surface area contributed by atoms with Gasteiger partial charge in [0.15, 0.2) is 6.29 Å². The molecule has 0 saturated carbocycles. The van der Waals surface area contributed by atoms with Gasteiger partial charge < -0.3 is 30.5 Å². The topological polar surface area (TPSA) is 152 Å². The van der Waals surface area contributed by atoms with Gasteiger partial charge in [0, 0.05) is 7.05 Å². The van der Waals surface area contributed by atoms with Gasteiger partial charge in [0.2, 0.25) is 0 Å². The molecule has 0 unspecified atom stereocenters. The second-order valence-corrected chi connectivity index (χ2v) is 3.81. The van der Waals surface area contributed by atoms with Crippen molar-refractivity contribution in [1.82, 2.24) is 10.3 Å². The molecular formula is C8H15N3O7. The molecule has 0 aromatic carbocycles. The third-order valence-corrected chi connectivity index (χ3v) is 2.61. The van der Waals surface area contributed by atoms with E-state index >= 15 is 0 Å². The molecule has 1 fully saturated rings. The second-order valence-electron chi connectivity index (χ2n) is 3.81. The van der Waals surface area contributed by atoms with Gasteiger partial charge in [0.1, 0.15) is 24.4 Å². The van der Waals surface area contributed by atoms with E-state index in [-0.39, 0.29) is 0 Å². The molecule has 1 saturated heterocycles. The Balaban J connectivity index is 2.71. The van der Waals surface area contributed by atoms with Crippen molar-refractivity contribution in [2.75, 3.05) is 13.7 Å². The number of hydrogen-bond acceptors (Lipinski definition) is 8. The molecule has 10 nitrogen and oxygen atoms in total. The summed E-state index contributed by atoms with van der Waals surface area (Å²) in [4.78, 5) is 21.4. The van der Waals surface area contributed by atoms with Crippen LogP contribution in [0.4, 0.5) is 4.79 Å². The van der Waals surface area contributed by atoms with E-state index in [0.717, 1.165) is 7.05 Å². The van der Waals surface area contributed by atoms with Crippen LogP contribution in [0.5, 0.6) is 0 Å². The highest BCUT2D eigenvalue weighted by Gasteiger charge is 2.44. The monoisotopic (exact) mass is 265 g/mol. The molecule has 0 aliphatic carbocycles. The fraction of sp³-hybridized carbons (Fsp3) is 0.875. The predicted molar refractivity (Wildman–Crippen MR) is 55.9 cm³/mol. The summed E-state index contributed by atoms with van der Waals surface area (Å²) >= 11 is 0. The van der Waals surface area contributed by atoms with Crippen molar-refractivity contribution in [3.8, 4) is 0 Å². The maximum atomic E-state index is 11.3. The Morgan fingerprint density at radius 2 is 2.00 bits per heavy atom. The van der Waals surface area contributed by atoms with E-state index < -0.39 is 43.3 Å². The van der Waals surface area contributed by atoms with E-state index in [9.17, 15) is 25.0 Å². The molecule has 0 spiro atoms. The highest BCUT2D eigenvalue weighted by Crippen LogP contribution is 2.19. The van der Waals surface area contributed by atoms with E-state index in [1.807, 2.05) is 0 Å². The average molecular weight is 265 g/mol. The number of hydrogen-bond donors (Lipinski definition) is 5. The molecule has 18 heavy (non-hydrogen) atoms. The van der Waals surface area contributed by atoms with Gasteiger partial charge in [-0.15, -0.1) is 4.91 Å². The zero-order chi connectivity index (χ0) is 13.9. The van der Waals surface area contributed by atoms with E-state index in [1.165, 1.54) is 0 Å². The minimum absolute atomic E-state index is 0.407. The Kier molecular flexibility index (Phi) is 4.93. The molecule has 1 heterocycles. The molecule has 1 rings (SSSR count). The third-order valence-electron chi connectivity index (χ3n) is 2.61. The van der Waals surface area contributed by atoms with Crippen molar-refractivity contribution in [1.29, 1.82) is 0 Å². The lowest BCUT2D eigenvalue weighted by Crippen LogP contribution is -2.64. The molecule has 5 N–H and O–H groups in total. The van der Waals surface area contributed by atoms with Crippen molar-refractivity contribution >= 4 is 6.03 Å². The first-order chi connectivity index (χ1) is 8.42. The molecule has 104 valence electrons. The largest absolute Gasteiger partial charge is 0.394 e. The number of aliphatic hydroxyl groups excluding tert-OH is 4. The summed E-state index contributed by atoms with van der Waals surface area (Å²) < 4.78 is 4.80. The number of aliphatic hydroxyl groups is 4. The SMILES string of the molecule is CN(N=O)C(=O)N[C@H]1[C@@H](O)[C@@H](O)[C@@H](CO)O[C@H]1O. The van der Waals surface area contributed by atoms with Gasteiger partial charge in [0.05, 0.1) is 11.9 Å². The molecule has 10 heteroatoms. The zero-order valence-electron chi connectivity index (χ0n) is 9.50. The van der Waals surface area contributed by atoms with Crippen molar-refractivity contribution in [3.63, 3.8) is 0 Å². The van der Waals surface area contributed by atoms with Crippen LogP contribution in [-0.4, -0.2) is 75.8 Å². The minimum atomic E-state index is -1.63. The average Bonchev–Trinajstić information content (AvgIpc) is 2.37. The van der Waals surface area contributed by atoms with Gasteiger partial charge in [-0.05, 0) is 0 Å². The number of nitroso groups, excluding NO2 is 1. The molecule has 0 bridgehead atoms. The molecule has 5 atom stereocenters. The van der Waals surface area contributed by atoms with Crippen LogP contribution in [0.1, 0.15) is 0 Å². The first-order valence-electron chi connectivity index (χ1n) is 5.10.